The molecule has 0 N–H and O–H groups in total. The molecule has 0 radical (unpaired) electrons. The Morgan fingerprint density at radius 3 is 2.38 bits per heavy atom. The minimum absolute atomic E-state index is 0.194. The van der Waals surface area contributed by atoms with Crippen LogP contribution in [0.15, 0.2) is 67.3 Å². The molecule has 0 saturated heterocycles. The van der Waals surface area contributed by atoms with Gasteiger partial charge in [-0.25, -0.2) is 9.37 Å². The molecule has 0 bridgehead atoms. The number of methoxy groups -OCH3 is 1. The highest BCUT2D eigenvalue weighted by Gasteiger charge is 2.24. The van der Waals surface area contributed by atoms with Crippen LogP contribution in [0.1, 0.15) is 13.8 Å². The van der Waals surface area contributed by atoms with E-state index in [9.17, 15) is 4.39 Å². The van der Waals surface area contributed by atoms with Crippen molar-refractivity contribution in [2.24, 2.45) is 0 Å². The van der Waals surface area contributed by atoms with E-state index < -0.39 is 0 Å². The molecule has 2 aromatic carbocycles. The fraction of sp³-hybridized carbons (Fsp3) is 0.250. The highest BCUT2D eigenvalue weighted by molar-refractivity contribution is 6.87. The monoisotopic (exact) mass is 372 g/mol. The van der Waals surface area contributed by atoms with Crippen molar-refractivity contribution >= 4 is 29.2 Å². The molecule has 26 heavy (non-hydrogen) atoms. The zero-order valence-electron chi connectivity index (χ0n) is 15.3. The Morgan fingerprint density at radius 1 is 1.15 bits per heavy atom. The summed E-state index contributed by atoms with van der Waals surface area (Å²) in [7, 11) is 1.65. The van der Waals surface area contributed by atoms with E-state index in [0.717, 1.165) is 15.9 Å². The summed E-state index contributed by atoms with van der Waals surface area (Å²) >= 11 is 6.27. The number of ether oxygens (including phenoxy) is 1. The van der Waals surface area contributed by atoms with Crippen LogP contribution in [0.4, 0.5) is 4.39 Å². The average molecular weight is 373 g/mol. The first-order valence-corrected chi connectivity index (χ1v) is 8.85. The fourth-order valence-corrected chi connectivity index (χ4v) is 3.09. The molecule has 0 amide bonds. The highest BCUT2D eigenvalue weighted by atomic mass is 35.5. The fourth-order valence-electron chi connectivity index (χ4n) is 2.83. The van der Waals surface area contributed by atoms with Crippen LogP contribution >= 0.6 is 11.6 Å². The predicted molar refractivity (Wildman–Crippen MR) is 107 cm³/mol. The summed E-state index contributed by atoms with van der Waals surface area (Å²) in [6, 6.07) is 14.5. The van der Waals surface area contributed by atoms with E-state index in [0.29, 0.717) is 12.5 Å². The number of benzene rings is 2. The summed E-state index contributed by atoms with van der Waals surface area (Å²) in [5.74, 6) is 0.191. The summed E-state index contributed by atoms with van der Waals surface area (Å²) in [6.45, 7) is 5.08. The Labute approximate surface area is 159 Å². The van der Waals surface area contributed by atoms with Crippen LogP contribution in [0.2, 0.25) is 10.8 Å². The number of imidazole rings is 1. The van der Waals surface area contributed by atoms with Gasteiger partial charge in [0.05, 0.1) is 6.33 Å². The lowest BCUT2D eigenvalue weighted by Gasteiger charge is -2.19. The predicted octanol–water partition coefficient (Wildman–Crippen LogP) is 3.99. The van der Waals surface area contributed by atoms with Gasteiger partial charge in [-0.1, -0.05) is 72.5 Å². The van der Waals surface area contributed by atoms with Crippen molar-refractivity contribution in [2.45, 2.75) is 26.4 Å². The second kappa shape index (κ2) is 10.1. The molecule has 1 aromatic heterocycles. The first kappa shape index (κ1) is 20.2. The molecule has 0 unspecified atom stereocenters. The van der Waals surface area contributed by atoms with Crippen LogP contribution in [0.25, 0.3) is 0 Å². The quantitative estimate of drug-likeness (QED) is 0.633. The average Bonchev–Trinajstić information content (AvgIpc) is 3.12. The summed E-state index contributed by atoms with van der Waals surface area (Å²) in [5.41, 5.74) is 2.19. The van der Waals surface area contributed by atoms with Crippen LogP contribution in [0.3, 0.4) is 0 Å². The van der Waals surface area contributed by atoms with Gasteiger partial charge in [0, 0.05) is 24.5 Å². The highest BCUT2D eigenvalue weighted by Crippen LogP contribution is 2.14. The minimum atomic E-state index is -0.208. The van der Waals surface area contributed by atoms with E-state index in [1.54, 1.807) is 19.6 Å². The maximum absolute atomic E-state index is 13.0. The van der Waals surface area contributed by atoms with E-state index in [4.69, 9.17) is 16.3 Å². The molecule has 1 heterocycles. The second-order valence-electron chi connectivity index (χ2n) is 6.29. The number of aromatic nitrogens is 2. The van der Waals surface area contributed by atoms with Crippen LogP contribution in [0.5, 0.6) is 0 Å². The third kappa shape index (κ3) is 5.72. The molecule has 0 fully saturated rings. The van der Waals surface area contributed by atoms with E-state index in [-0.39, 0.29) is 12.5 Å². The molecule has 0 saturated carbocycles. The smallest absolute Gasteiger partial charge is 0.213 e. The van der Waals surface area contributed by atoms with Gasteiger partial charge in [0.15, 0.2) is 0 Å². The molecule has 0 spiro atoms. The lowest BCUT2D eigenvalue weighted by atomic mass is 9.34. The van der Waals surface area contributed by atoms with E-state index in [2.05, 4.69) is 18.8 Å². The van der Waals surface area contributed by atoms with E-state index >= 15 is 0 Å². The van der Waals surface area contributed by atoms with Gasteiger partial charge in [0.2, 0.25) is 6.71 Å². The van der Waals surface area contributed by atoms with Crippen molar-refractivity contribution in [2.75, 3.05) is 7.11 Å². The van der Waals surface area contributed by atoms with Gasteiger partial charge in [-0.15, -0.1) is 0 Å². The van der Waals surface area contributed by atoms with Crippen LogP contribution in [-0.4, -0.2) is 23.4 Å². The molecule has 0 aliphatic carbocycles. The molecule has 0 aliphatic heterocycles. The molecule has 3 aromatic rings. The lowest BCUT2D eigenvalue weighted by Crippen LogP contribution is -2.45. The van der Waals surface area contributed by atoms with Gasteiger partial charge < -0.3 is 9.30 Å². The summed E-state index contributed by atoms with van der Waals surface area (Å²) in [4.78, 5) is 3.82. The minimum Gasteiger partial charge on any atom is -0.364 e. The summed E-state index contributed by atoms with van der Waals surface area (Å²) < 4.78 is 19.7. The molecule has 0 aliphatic rings. The molecule has 6 heteroatoms. The zero-order valence-corrected chi connectivity index (χ0v) is 16.0. The number of hydrogen-bond donors (Lipinski definition) is 0. The largest absolute Gasteiger partial charge is 0.364 e. The molecule has 3 rings (SSSR count). The van der Waals surface area contributed by atoms with E-state index in [1.165, 1.54) is 12.1 Å². The topological polar surface area (TPSA) is 27.1 Å². The standard InChI is InChI=1S/C15H15BClF.C5H8N2O/c1-11(2)16(12-7-9-13(18)10-8-12)14-5-3-4-6-15(14)17;1-8-5-7-3-2-6-4-7/h3-11H,1-2H3;2-4H,5H2,1H3. The van der Waals surface area contributed by atoms with Crippen LogP contribution in [0, 0.1) is 5.82 Å². The van der Waals surface area contributed by atoms with Crippen molar-refractivity contribution in [3.63, 3.8) is 0 Å². The molecule has 3 nitrogen and oxygen atoms in total. The zero-order chi connectivity index (χ0) is 18.9. The van der Waals surface area contributed by atoms with Gasteiger partial charge in [-0.05, 0) is 18.2 Å². The molecule has 0 atom stereocenters. The number of halogens is 2. The third-order valence-corrected chi connectivity index (χ3v) is 4.32. The van der Waals surface area contributed by atoms with Gasteiger partial charge in [-0.3, -0.25) is 0 Å². The summed E-state index contributed by atoms with van der Waals surface area (Å²) in [5, 5.41) is 0.764. The van der Waals surface area contributed by atoms with Crippen LogP contribution in [-0.2, 0) is 11.5 Å². The van der Waals surface area contributed by atoms with Crippen molar-refractivity contribution in [1.82, 2.24) is 9.55 Å². The maximum atomic E-state index is 13.0. The first-order valence-electron chi connectivity index (χ1n) is 8.47. The van der Waals surface area contributed by atoms with Gasteiger partial charge in [0.1, 0.15) is 12.5 Å². The van der Waals surface area contributed by atoms with Gasteiger partial charge >= 0.3 is 0 Å². The maximum Gasteiger partial charge on any atom is 0.213 e. The Morgan fingerprint density at radius 2 is 1.85 bits per heavy atom. The van der Waals surface area contributed by atoms with Gasteiger partial charge in [-0.2, -0.15) is 0 Å². The van der Waals surface area contributed by atoms with Crippen molar-refractivity contribution < 1.29 is 9.13 Å². The number of nitrogens with zero attached hydrogens (tertiary/aromatic N) is 2. The summed E-state index contributed by atoms with van der Waals surface area (Å²) in [6.07, 6.45) is 5.28. The van der Waals surface area contributed by atoms with Gasteiger partial charge in [0.25, 0.3) is 0 Å². The Balaban J connectivity index is 0.000000254. The van der Waals surface area contributed by atoms with Crippen molar-refractivity contribution in [3.8, 4) is 0 Å². The Kier molecular flexibility index (Phi) is 7.88. The Hall–Kier alpha value is -2.11. The van der Waals surface area contributed by atoms with E-state index in [1.807, 2.05) is 47.2 Å². The molecular weight excluding hydrogens is 349 g/mol. The molecular formula is C20H23BClFN2O. The lowest BCUT2D eigenvalue weighted by molar-refractivity contribution is 0.131. The van der Waals surface area contributed by atoms with Crippen molar-refractivity contribution in [1.29, 1.82) is 0 Å². The Bertz CT molecular complexity index is 779. The SMILES string of the molecule is CC(C)B(c1ccc(F)cc1)c1ccccc1Cl.COCn1ccnc1. The first-order chi connectivity index (χ1) is 12.5. The molecule has 136 valence electrons. The number of hydrogen-bond acceptors (Lipinski definition) is 2. The normalized spacial score (nSPS) is 10.4. The third-order valence-electron chi connectivity index (χ3n) is 3.97. The van der Waals surface area contributed by atoms with Crippen LogP contribution < -0.4 is 10.9 Å². The second-order valence-corrected chi connectivity index (χ2v) is 6.70. The number of rotatable bonds is 5. The van der Waals surface area contributed by atoms with Crippen molar-refractivity contribution in [3.05, 3.63) is 78.1 Å².